The van der Waals surface area contributed by atoms with Crippen LogP contribution >= 0.6 is 35.7 Å². The molecule has 11 heteroatoms. The SMILES string of the molecule is Cl.O=C(O)CCC(=O)SC1CCN(C(C(=O)C2CC2)c2ccccc2F)C/C1=C/c1csnn1. The van der Waals surface area contributed by atoms with E-state index in [0.717, 1.165) is 30.2 Å². The first kappa shape index (κ1) is 26.5. The Bertz CT molecular complexity index is 1060. The Hall–Kier alpha value is -2.14. The molecule has 2 heterocycles. The van der Waals surface area contributed by atoms with Gasteiger partial charge in [-0.3, -0.25) is 19.3 Å². The number of Topliss-reactive ketones (excluding diaryl/α,β-unsaturated/α-hetero) is 1. The topological polar surface area (TPSA) is 100 Å². The minimum atomic E-state index is -1.01. The number of hydrogen-bond donors (Lipinski definition) is 1. The molecule has 1 saturated carbocycles. The highest BCUT2D eigenvalue weighted by molar-refractivity contribution is 8.14. The first-order valence-corrected chi connectivity index (χ1v) is 12.5. The van der Waals surface area contributed by atoms with Gasteiger partial charge in [0.05, 0.1) is 18.2 Å². The normalized spacial score (nSPS) is 20.5. The van der Waals surface area contributed by atoms with E-state index in [-0.39, 0.29) is 47.3 Å². The maximum Gasteiger partial charge on any atom is 0.303 e. The highest BCUT2D eigenvalue weighted by Crippen LogP contribution is 2.40. The number of carboxylic acids is 1. The summed E-state index contributed by atoms with van der Waals surface area (Å²) in [4.78, 5) is 38.4. The lowest BCUT2D eigenvalue weighted by molar-refractivity contribution is -0.138. The monoisotopic (exact) mass is 525 g/mol. The highest BCUT2D eigenvalue weighted by Gasteiger charge is 2.41. The van der Waals surface area contributed by atoms with Crippen LogP contribution < -0.4 is 0 Å². The van der Waals surface area contributed by atoms with Crippen LogP contribution in [0.1, 0.15) is 49.4 Å². The highest BCUT2D eigenvalue weighted by atomic mass is 35.5. The molecule has 0 amide bonds. The number of carboxylic acid groups (broad SMARTS) is 1. The van der Waals surface area contributed by atoms with E-state index in [4.69, 9.17) is 5.11 Å². The number of aliphatic carboxylic acids is 1. The molecule has 0 spiro atoms. The van der Waals surface area contributed by atoms with E-state index in [1.165, 1.54) is 17.6 Å². The summed E-state index contributed by atoms with van der Waals surface area (Å²) in [6.07, 6.45) is 3.88. The minimum Gasteiger partial charge on any atom is -0.481 e. The molecule has 182 valence electrons. The zero-order chi connectivity index (χ0) is 23.4. The van der Waals surface area contributed by atoms with Gasteiger partial charge in [0.2, 0.25) is 0 Å². The molecule has 1 saturated heterocycles. The van der Waals surface area contributed by atoms with Gasteiger partial charge >= 0.3 is 5.97 Å². The number of aromatic nitrogens is 2. The van der Waals surface area contributed by atoms with Gasteiger partial charge in [0.15, 0.2) is 10.9 Å². The van der Waals surface area contributed by atoms with Crippen molar-refractivity contribution in [3.05, 3.63) is 52.3 Å². The summed E-state index contributed by atoms with van der Waals surface area (Å²) in [6.45, 7) is 0.910. The maximum atomic E-state index is 14.7. The van der Waals surface area contributed by atoms with E-state index in [0.29, 0.717) is 30.8 Å². The number of halogens is 2. The van der Waals surface area contributed by atoms with E-state index in [2.05, 4.69) is 9.59 Å². The summed E-state index contributed by atoms with van der Waals surface area (Å²) in [7, 11) is 0. The molecule has 2 unspecified atom stereocenters. The van der Waals surface area contributed by atoms with Gasteiger partial charge in [-0.15, -0.1) is 17.5 Å². The Kier molecular flexibility index (Phi) is 9.35. The molecule has 7 nitrogen and oxygen atoms in total. The number of carbonyl (C=O) groups excluding carboxylic acids is 2. The second-order valence-corrected chi connectivity index (χ2v) is 10.2. The molecule has 0 radical (unpaired) electrons. The molecule has 1 aliphatic carbocycles. The van der Waals surface area contributed by atoms with Gasteiger partial charge in [-0.2, -0.15) is 0 Å². The smallest absolute Gasteiger partial charge is 0.303 e. The molecule has 0 bridgehead atoms. The quantitative estimate of drug-likeness (QED) is 0.514. The zero-order valence-corrected chi connectivity index (χ0v) is 20.7. The first-order chi connectivity index (χ1) is 15.9. The fourth-order valence-electron chi connectivity index (χ4n) is 4.05. The molecule has 34 heavy (non-hydrogen) atoms. The summed E-state index contributed by atoms with van der Waals surface area (Å²) < 4.78 is 18.6. The van der Waals surface area contributed by atoms with Crippen LogP contribution in [0.25, 0.3) is 6.08 Å². The lowest BCUT2D eigenvalue weighted by atomic mass is 9.93. The van der Waals surface area contributed by atoms with Crippen molar-refractivity contribution in [1.29, 1.82) is 0 Å². The van der Waals surface area contributed by atoms with Gasteiger partial charge in [0, 0.05) is 41.6 Å². The Morgan fingerprint density at radius 2 is 2.00 bits per heavy atom. The third-order valence-electron chi connectivity index (χ3n) is 5.82. The van der Waals surface area contributed by atoms with Gasteiger partial charge in [-0.1, -0.05) is 34.4 Å². The zero-order valence-electron chi connectivity index (χ0n) is 18.3. The minimum absolute atomic E-state index is 0. The van der Waals surface area contributed by atoms with Crippen LogP contribution in [-0.2, 0) is 14.4 Å². The van der Waals surface area contributed by atoms with Crippen molar-refractivity contribution in [2.24, 2.45) is 5.92 Å². The molecule has 2 atom stereocenters. The van der Waals surface area contributed by atoms with E-state index < -0.39 is 17.8 Å². The fourth-order valence-corrected chi connectivity index (χ4v) is 5.51. The number of carbonyl (C=O) groups is 3. The van der Waals surface area contributed by atoms with Crippen molar-refractivity contribution < 1.29 is 23.9 Å². The van der Waals surface area contributed by atoms with Crippen molar-refractivity contribution in [1.82, 2.24) is 14.5 Å². The number of thioether (sulfide) groups is 1. The lowest BCUT2D eigenvalue weighted by Gasteiger charge is -2.38. The van der Waals surface area contributed by atoms with Crippen LogP contribution in [0.3, 0.4) is 0 Å². The summed E-state index contributed by atoms with van der Waals surface area (Å²) >= 11 is 2.35. The average molecular weight is 526 g/mol. The number of nitrogens with zero attached hydrogens (tertiary/aromatic N) is 3. The molecule has 2 aromatic rings. The van der Waals surface area contributed by atoms with Gasteiger partial charge in [0.25, 0.3) is 0 Å². The van der Waals surface area contributed by atoms with Gasteiger partial charge in [-0.25, -0.2) is 4.39 Å². The predicted molar refractivity (Wildman–Crippen MR) is 131 cm³/mol. The third kappa shape index (κ3) is 6.71. The van der Waals surface area contributed by atoms with E-state index >= 15 is 0 Å². The predicted octanol–water partition coefficient (Wildman–Crippen LogP) is 4.40. The molecule has 2 aliphatic rings. The molecule has 1 aromatic heterocycles. The Labute approximate surface area is 211 Å². The first-order valence-electron chi connectivity index (χ1n) is 10.8. The van der Waals surface area contributed by atoms with Gasteiger partial charge in [-0.05, 0) is 48.5 Å². The number of rotatable bonds is 9. The summed E-state index contributed by atoms with van der Waals surface area (Å²) in [5, 5.41) is 14.4. The van der Waals surface area contributed by atoms with Crippen molar-refractivity contribution in [3.8, 4) is 0 Å². The maximum absolute atomic E-state index is 14.7. The van der Waals surface area contributed by atoms with Crippen LogP contribution in [0.2, 0.25) is 0 Å². The number of hydrogen-bond acceptors (Lipinski definition) is 8. The number of piperidine rings is 1. The number of likely N-dealkylation sites (tertiary alicyclic amines) is 1. The molecular formula is C23H25ClFN3O4S2. The van der Waals surface area contributed by atoms with E-state index in [1.807, 2.05) is 11.0 Å². The standard InChI is InChI=1S/C23H24FN3O4S2.ClH/c24-18-4-2-1-3-17(18)22(23(31)14-5-6-14)27-10-9-19(33-21(30)8-7-20(28)29)15(12-27)11-16-13-32-26-25-16;/h1-4,11,13-14,19,22H,5-10,12H2,(H,28,29);1H/b15-11-;. The second kappa shape index (κ2) is 12.0. The second-order valence-electron chi connectivity index (χ2n) is 8.28. The van der Waals surface area contributed by atoms with Gasteiger partial charge in [0.1, 0.15) is 5.82 Å². The number of ketones is 1. The molecular weight excluding hydrogens is 501 g/mol. The molecule has 1 N–H and O–H groups in total. The summed E-state index contributed by atoms with van der Waals surface area (Å²) in [6, 6.07) is 5.73. The van der Waals surface area contributed by atoms with E-state index in [1.54, 1.807) is 23.6 Å². The fraction of sp³-hybridized carbons (Fsp3) is 0.435. The Morgan fingerprint density at radius 3 is 2.65 bits per heavy atom. The van der Waals surface area contributed by atoms with Gasteiger partial charge < -0.3 is 5.11 Å². The summed E-state index contributed by atoms with van der Waals surface area (Å²) in [5.74, 6) is -1.40. The molecule has 4 rings (SSSR count). The number of benzene rings is 1. The summed E-state index contributed by atoms with van der Waals surface area (Å²) in [5.41, 5.74) is 1.94. The van der Waals surface area contributed by atoms with Crippen LogP contribution in [0, 0.1) is 11.7 Å². The molecule has 1 aliphatic heterocycles. The van der Waals surface area contributed by atoms with E-state index in [9.17, 15) is 18.8 Å². The van der Waals surface area contributed by atoms with Crippen LogP contribution in [0.4, 0.5) is 4.39 Å². The van der Waals surface area contributed by atoms with Crippen molar-refractivity contribution in [3.63, 3.8) is 0 Å². The third-order valence-corrected chi connectivity index (χ3v) is 7.63. The lowest BCUT2D eigenvalue weighted by Crippen LogP contribution is -2.43. The molecule has 1 aromatic carbocycles. The average Bonchev–Trinajstić information content (AvgIpc) is 3.52. The van der Waals surface area contributed by atoms with Crippen LogP contribution in [0.15, 0.2) is 35.2 Å². The Balaban J connectivity index is 0.00000324. The van der Waals surface area contributed by atoms with Crippen molar-refractivity contribution in [2.75, 3.05) is 13.1 Å². The van der Waals surface area contributed by atoms with Crippen LogP contribution in [-0.4, -0.2) is 54.8 Å². The van der Waals surface area contributed by atoms with Crippen molar-refractivity contribution in [2.45, 2.75) is 43.4 Å². The van der Waals surface area contributed by atoms with Crippen LogP contribution in [0.5, 0.6) is 0 Å². The van der Waals surface area contributed by atoms with Crippen molar-refractivity contribution >= 4 is 58.6 Å². The largest absolute Gasteiger partial charge is 0.481 e. The molecule has 2 fully saturated rings. The Morgan fingerprint density at radius 1 is 1.24 bits per heavy atom.